The Hall–Kier alpha value is -2.86. The molecule has 3 aromatic rings. The van der Waals surface area contributed by atoms with Crippen LogP contribution < -0.4 is 16.2 Å². The van der Waals surface area contributed by atoms with Crippen LogP contribution in [0.5, 0.6) is 0 Å². The number of fused-ring (bicyclic) bond motifs is 1. The van der Waals surface area contributed by atoms with Gasteiger partial charge in [-0.1, -0.05) is 48.5 Å². The van der Waals surface area contributed by atoms with Gasteiger partial charge in [-0.15, -0.1) is 0 Å². The fourth-order valence-corrected chi connectivity index (χ4v) is 2.61. The number of aryl methyl sites for hydroxylation is 1. The lowest BCUT2D eigenvalue weighted by Crippen LogP contribution is -2.46. The topological polar surface area (TPSA) is 66.3 Å². The van der Waals surface area contributed by atoms with Gasteiger partial charge in [0.15, 0.2) is 10.9 Å². The third kappa shape index (κ3) is 4.81. The second-order valence-corrected chi connectivity index (χ2v) is 5.98. The van der Waals surface area contributed by atoms with E-state index in [1.165, 1.54) is 5.56 Å². The summed E-state index contributed by atoms with van der Waals surface area (Å²) in [6.07, 6.45) is 1.92. The van der Waals surface area contributed by atoms with E-state index in [1.54, 1.807) is 6.07 Å². The minimum atomic E-state index is -0.371. The van der Waals surface area contributed by atoms with Crippen LogP contribution in [0.4, 0.5) is 0 Å². The third-order valence-electron chi connectivity index (χ3n) is 3.71. The Bertz CT molecular complexity index is 828. The van der Waals surface area contributed by atoms with Crippen LogP contribution >= 0.6 is 12.2 Å². The number of nitrogens with one attached hydrogen (secondary N) is 3. The molecule has 1 heterocycles. The van der Waals surface area contributed by atoms with E-state index in [0.29, 0.717) is 10.7 Å². The fourth-order valence-electron chi connectivity index (χ4n) is 2.45. The summed E-state index contributed by atoms with van der Waals surface area (Å²) in [5, 5.41) is 4.32. The first kappa shape index (κ1) is 17.0. The molecule has 0 saturated heterocycles. The zero-order valence-corrected chi connectivity index (χ0v) is 14.4. The molecule has 3 N–H and O–H groups in total. The molecule has 0 aliphatic carbocycles. The summed E-state index contributed by atoms with van der Waals surface area (Å²) in [7, 11) is 0. The van der Waals surface area contributed by atoms with Gasteiger partial charge in [0.05, 0.1) is 0 Å². The summed E-state index contributed by atoms with van der Waals surface area (Å²) in [5.41, 5.74) is 7.18. The number of hydrogen-bond donors (Lipinski definition) is 3. The second kappa shape index (κ2) is 8.30. The quantitative estimate of drug-likeness (QED) is 0.373. The molecule has 0 fully saturated rings. The number of benzene rings is 2. The van der Waals surface area contributed by atoms with Gasteiger partial charge in [0, 0.05) is 11.9 Å². The number of thiocarbonyl (C=S) groups is 1. The summed E-state index contributed by atoms with van der Waals surface area (Å²) in [5.74, 6) is -0.134. The highest BCUT2D eigenvalue weighted by atomic mass is 32.1. The first-order valence-corrected chi connectivity index (χ1v) is 8.50. The van der Waals surface area contributed by atoms with Crippen molar-refractivity contribution in [2.75, 3.05) is 6.54 Å². The SMILES string of the molecule is O=C(NNC(=S)NCCCc1ccccc1)c1cc2ccccc2o1. The average molecular weight is 353 g/mol. The van der Waals surface area contributed by atoms with Crippen molar-refractivity contribution in [3.8, 4) is 0 Å². The van der Waals surface area contributed by atoms with Crippen LogP contribution in [0.1, 0.15) is 22.5 Å². The molecule has 0 saturated carbocycles. The lowest BCUT2D eigenvalue weighted by Gasteiger charge is -2.10. The Balaban J connectivity index is 1.39. The molecule has 6 heteroatoms. The zero-order chi connectivity index (χ0) is 17.5. The molecule has 0 radical (unpaired) electrons. The second-order valence-electron chi connectivity index (χ2n) is 5.57. The van der Waals surface area contributed by atoms with Crippen LogP contribution in [-0.2, 0) is 6.42 Å². The maximum atomic E-state index is 12.1. The van der Waals surface area contributed by atoms with Gasteiger partial charge in [0.1, 0.15) is 5.58 Å². The predicted octanol–water partition coefficient (Wildman–Crippen LogP) is 3.17. The fraction of sp³-hybridized carbons (Fsp3) is 0.158. The van der Waals surface area contributed by atoms with Gasteiger partial charge in [-0.05, 0) is 42.8 Å². The Morgan fingerprint density at radius 3 is 2.56 bits per heavy atom. The molecule has 2 aromatic carbocycles. The summed E-state index contributed by atoms with van der Waals surface area (Å²) >= 11 is 5.15. The number of carbonyl (C=O) groups is 1. The molecule has 0 bridgehead atoms. The van der Waals surface area contributed by atoms with E-state index in [2.05, 4.69) is 28.3 Å². The molecule has 1 aromatic heterocycles. The van der Waals surface area contributed by atoms with E-state index in [9.17, 15) is 4.79 Å². The van der Waals surface area contributed by atoms with Crippen LogP contribution in [0.15, 0.2) is 65.1 Å². The molecule has 25 heavy (non-hydrogen) atoms. The Morgan fingerprint density at radius 1 is 1.00 bits per heavy atom. The lowest BCUT2D eigenvalue weighted by molar-refractivity contribution is 0.0918. The highest BCUT2D eigenvalue weighted by molar-refractivity contribution is 7.80. The van der Waals surface area contributed by atoms with Gasteiger partial charge >= 0.3 is 5.91 Å². The molecule has 0 aliphatic heterocycles. The monoisotopic (exact) mass is 353 g/mol. The van der Waals surface area contributed by atoms with E-state index < -0.39 is 0 Å². The molecule has 1 amide bonds. The van der Waals surface area contributed by atoms with E-state index in [-0.39, 0.29) is 11.7 Å². The molecular formula is C19H19N3O2S. The minimum Gasteiger partial charge on any atom is -0.451 e. The largest absolute Gasteiger partial charge is 0.451 e. The van der Waals surface area contributed by atoms with Crippen molar-refractivity contribution in [3.63, 3.8) is 0 Å². The maximum absolute atomic E-state index is 12.1. The Morgan fingerprint density at radius 2 is 1.76 bits per heavy atom. The first-order valence-electron chi connectivity index (χ1n) is 8.09. The Labute approximate surface area is 151 Å². The highest BCUT2D eigenvalue weighted by Crippen LogP contribution is 2.18. The number of hydrazine groups is 1. The lowest BCUT2D eigenvalue weighted by atomic mass is 10.1. The summed E-state index contributed by atoms with van der Waals surface area (Å²) in [6.45, 7) is 0.723. The number of hydrogen-bond acceptors (Lipinski definition) is 3. The van der Waals surface area contributed by atoms with Gasteiger partial charge in [-0.25, -0.2) is 0 Å². The van der Waals surface area contributed by atoms with E-state index in [4.69, 9.17) is 16.6 Å². The van der Waals surface area contributed by atoms with E-state index in [0.717, 1.165) is 24.8 Å². The van der Waals surface area contributed by atoms with Gasteiger partial charge in [-0.2, -0.15) is 0 Å². The van der Waals surface area contributed by atoms with Crippen LogP contribution in [0, 0.1) is 0 Å². The maximum Gasteiger partial charge on any atom is 0.305 e. The summed E-state index contributed by atoms with van der Waals surface area (Å²) in [6, 6.07) is 19.4. The highest BCUT2D eigenvalue weighted by Gasteiger charge is 2.11. The molecule has 0 atom stereocenters. The van der Waals surface area contributed by atoms with Crippen molar-refractivity contribution in [2.24, 2.45) is 0 Å². The smallest absolute Gasteiger partial charge is 0.305 e. The van der Waals surface area contributed by atoms with Crippen molar-refractivity contribution < 1.29 is 9.21 Å². The molecule has 3 rings (SSSR count). The van der Waals surface area contributed by atoms with Crippen LogP contribution in [0.25, 0.3) is 11.0 Å². The molecule has 0 spiro atoms. The van der Waals surface area contributed by atoms with Crippen LogP contribution in [0.2, 0.25) is 0 Å². The van der Waals surface area contributed by atoms with Crippen LogP contribution in [0.3, 0.4) is 0 Å². The summed E-state index contributed by atoms with van der Waals surface area (Å²) in [4.78, 5) is 12.1. The number of rotatable bonds is 5. The molecule has 128 valence electrons. The minimum absolute atomic E-state index is 0.237. The molecule has 0 aliphatic rings. The van der Waals surface area contributed by atoms with Crippen LogP contribution in [-0.4, -0.2) is 17.6 Å². The standard InChI is InChI=1S/C19H19N3O2S/c23-18(17-13-15-10-4-5-11-16(15)24-17)21-22-19(25)20-12-6-9-14-7-2-1-3-8-14/h1-5,7-8,10-11,13H,6,9,12H2,(H,21,23)(H2,20,22,25). The number of para-hydroxylation sites is 1. The molecule has 0 unspecified atom stereocenters. The van der Waals surface area contributed by atoms with Crippen molar-refractivity contribution in [2.45, 2.75) is 12.8 Å². The number of amides is 1. The number of carbonyl (C=O) groups excluding carboxylic acids is 1. The van der Waals surface area contributed by atoms with Gasteiger partial charge < -0.3 is 9.73 Å². The normalized spacial score (nSPS) is 10.4. The van der Waals surface area contributed by atoms with Crippen molar-refractivity contribution in [1.29, 1.82) is 0 Å². The van der Waals surface area contributed by atoms with Gasteiger partial charge in [-0.3, -0.25) is 15.6 Å². The van der Waals surface area contributed by atoms with Crippen molar-refractivity contribution in [1.82, 2.24) is 16.2 Å². The van der Waals surface area contributed by atoms with E-state index in [1.807, 2.05) is 42.5 Å². The third-order valence-corrected chi connectivity index (χ3v) is 3.96. The van der Waals surface area contributed by atoms with Gasteiger partial charge in [0.2, 0.25) is 0 Å². The molecular weight excluding hydrogens is 334 g/mol. The van der Waals surface area contributed by atoms with Crippen molar-refractivity contribution >= 4 is 34.2 Å². The van der Waals surface area contributed by atoms with Gasteiger partial charge in [0.25, 0.3) is 0 Å². The predicted molar refractivity (Wildman–Crippen MR) is 102 cm³/mol. The average Bonchev–Trinajstić information content (AvgIpc) is 3.08. The summed E-state index contributed by atoms with van der Waals surface area (Å²) < 4.78 is 5.49. The Kier molecular flexibility index (Phi) is 5.64. The molecule has 5 nitrogen and oxygen atoms in total. The van der Waals surface area contributed by atoms with Crippen molar-refractivity contribution in [3.05, 3.63) is 72.0 Å². The first-order chi connectivity index (χ1) is 12.2. The number of furan rings is 1. The van der Waals surface area contributed by atoms with E-state index >= 15 is 0 Å². The zero-order valence-electron chi connectivity index (χ0n) is 13.6.